The van der Waals surface area contributed by atoms with E-state index in [2.05, 4.69) is 39.0 Å². The lowest BCUT2D eigenvalue weighted by molar-refractivity contribution is -0.129. The van der Waals surface area contributed by atoms with Gasteiger partial charge < -0.3 is 14.4 Å². The number of nitrogens with zero attached hydrogens (tertiary/aromatic N) is 4. The Hall–Kier alpha value is -3.78. The van der Waals surface area contributed by atoms with E-state index in [1.165, 1.54) is 5.56 Å². The molecule has 0 fully saturated rings. The maximum Gasteiger partial charge on any atom is 0.222 e. The van der Waals surface area contributed by atoms with Crippen molar-refractivity contribution in [3.63, 3.8) is 0 Å². The molecule has 0 N–H and O–H groups in total. The number of carbonyl (C=O) groups excluding carboxylic acids is 1. The van der Waals surface area contributed by atoms with Crippen LogP contribution < -0.4 is 9.47 Å². The average Bonchev–Trinajstić information content (AvgIpc) is 3.36. The van der Waals surface area contributed by atoms with E-state index in [4.69, 9.17) is 9.47 Å². The largest absolute Gasteiger partial charge is 0.493 e. The Morgan fingerprint density at radius 3 is 2.32 bits per heavy atom. The van der Waals surface area contributed by atoms with Gasteiger partial charge in [-0.05, 0) is 48.2 Å². The van der Waals surface area contributed by atoms with Crippen LogP contribution in [0, 0.1) is 0 Å². The first kappa shape index (κ1) is 27.3. The van der Waals surface area contributed by atoms with Gasteiger partial charge in [0, 0.05) is 37.9 Å². The minimum Gasteiger partial charge on any atom is -0.493 e. The molecular formula is C30H34N4O3S. The molecule has 1 aromatic heterocycles. The molecule has 0 saturated heterocycles. The topological polar surface area (TPSA) is 69.5 Å². The molecule has 0 saturated carbocycles. The summed E-state index contributed by atoms with van der Waals surface area (Å²) in [6, 6.07) is 26.3. The molecule has 1 amide bonds. The van der Waals surface area contributed by atoms with E-state index in [-0.39, 0.29) is 5.91 Å². The summed E-state index contributed by atoms with van der Waals surface area (Å²) in [6.07, 6.45) is 2.71. The Labute approximate surface area is 228 Å². The van der Waals surface area contributed by atoms with Crippen LogP contribution in [0.4, 0.5) is 0 Å². The normalized spacial score (nSPS) is 10.8. The lowest BCUT2D eigenvalue weighted by atomic mass is 10.1. The van der Waals surface area contributed by atoms with Gasteiger partial charge >= 0.3 is 0 Å². The smallest absolute Gasteiger partial charge is 0.222 e. The summed E-state index contributed by atoms with van der Waals surface area (Å²) in [6.45, 7) is 0.645. The van der Waals surface area contributed by atoms with Gasteiger partial charge in [-0.1, -0.05) is 66.4 Å². The summed E-state index contributed by atoms with van der Waals surface area (Å²) in [4.78, 5) is 14.5. The zero-order chi connectivity index (χ0) is 26.7. The van der Waals surface area contributed by atoms with Crippen LogP contribution in [-0.2, 0) is 17.6 Å². The van der Waals surface area contributed by atoms with Crippen molar-refractivity contribution in [1.29, 1.82) is 0 Å². The first-order chi connectivity index (χ1) is 18.6. The van der Waals surface area contributed by atoms with E-state index in [0.717, 1.165) is 40.8 Å². The fourth-order valence-electron chi connectivity index (χ4n) is 4.16. The Morgan fingerprint density at radius 1 is 0.895 bits per heavy atom. The fraction of sp³-hybridized carbons (Fsp3) is 0.300. The third-order valence-electron chi connectivity index (χ3n) is 6.30. The van der Waals surface area contributed by atoms with Crippen LogP contribution >= 0.6 is 11.8 Å². The molecule has 8 heteroatoms. The van der Waals surface area contributed by atoms with Crippen molar-refractivity contribution >= 4 is 17.7 Å². The summed E-state index contributed by atoms with van der Waals surface area (Å²) in [5.74, 6) is 3.22. The SMILES string of the molecule is COc1ccc(CCN(C)C(=O)CCCSc2nnc(Cc3ccccc3)n2-c2ccccc2)cc1OC. The van der Waals surface area contributed by atoms with E-state index in [0.29, 0.717) is 30.9 Å². The van der Waals surface area contributed by atoms with Gasteiger partial charge in [0.2, 0.25) is 5.91 Å². The monoisotopic (exact) mass is 530 g/mol. The lowest BCUT2D eigenvalue weighted by Gasteiger charge is -2.17. The minimum absolute atomic E-state index is 0.139. The lowest BCUT2D eigenvalue weighted by Crippen LogP contribution is -2.28. The highest BCUT2D eigenvalue weighted by atomic mass is 32.2. The van der Waals surface area contributed by atoms with Crippen molar-refractivity contribution in [3.05, 3.63) is 95.8 Å². The number of hydrogen-bond acceptors (Lipinski definition) is 6. The fourth-order valence-corrected chi connectivity index (χ4v) is 5.07. The first-order valence-corrected chi connectivity index (χ1v) is 13.7. The second-order valence-corrected chi connectivity index (χ2v) is 10.0. The summed E-state index contributed by atoms with van der Waals surface area (Å²) in [5, 5.41) is 9.84. The highest BCUT2D eigenvalue weighted by Gasteiger charge is 2.16. The van der Waals surface area contributed by atoms with Crippen LogP contribution in [0.25, 0.3) is 5.69 Å². The van der Waals surface area contributed by atoms with E-state index >= 15 is 0 Å². The van der Waals surface area contributed by atoms with Crippen molar-refractivity contribution in [1.82, 2.24) is 19.7 Å². The number of thioether (sulfide) groups is 1. The molecule has 4 rings (SSSR count). The molecule has 198 valence electrons. The Kier molecular flexibility index (Phi) is 9.81. The van der Waals surface area contributed by atoms with Crippen LogP contribution in [0.1, 0.15) is 29.8 Å². The van der Waals surface area contributed by atoms with Crippen molar-refractivity contribution in [3.8, 4) is 17.2 Å². The van der Waals surface area contributed by atoms with Crippen LogP contribution in [-0.4, -0.2) is 59.1 Å². The third-order valence-corrected chi connectivity index (χ3v) is 7.31. The standard InChI is InChI=1S/C30H34N4O3S/c1-33(19-18-24-16-17-26(36-2)27(21-24)37-3)29(35)15-10-20-38-30-32-31-28(22-23-11-6-4-7-12-23)34(30)25-13-8-5-9-14-25/h4-9,11-14,16-17,21H,10,15,18-20,22H2,1-3H3. The highest BCUT2D eigenvalue weighted by molar-refractivity contribution is 7.99. The van der Waals surface area contributed by atoms with E-state index in [1.54, 1.807) is 30.9 Å². The maximum atomic E-state index is 12.7. The predicted octanol–water partition coefficient (Wildman–Crippen LogP) is 5.45. The quantitative estimate of drug-likeness (QED) is 0.169. The molecule has 0 radical (unpaired) electrons. The third kappa shape index (κ3) is 7.16. The summed E-state index contributed by atoms with van der Waals surface area (Å²) in [7, 11) is 5.11. The second-order valence-electron chi connectivity index (χ2n) is 8.94. The van der Waals surface area contributed by atoms with Gasteiger partial charge in [-0.15, -0.1) is 10.2 Å². The molecular weight excluding hydrogens is 496 g/mol. The molecule has 0 aliphatic carbocycles. The Balaban J connectivity index is 1.30. The predicted molar refractivity (Wildman–Crippen MR) is 151 cm³/mol. The van der Waals surface area contributed by atoms with Gasteiger partial charge in [-0.25, -0.2) is 0 Å². The number of carbonyl (C=O) groups is 1. The molecule has 7 nitrogen and oxygen atoms in total. The Bertz CT molecular complexity index is 1310. The minimum atomic E-state index is 0.139. The van der Waals surface area contributed by atoms with Gasteiger partial charge in [0.1, 0.15) is 5.82 Å². The number of benzene rings is 3. The van der Waals surface area contributed by atoms with Crippen molar-refractivity contribution in [2.24, 2.45) is 0 Å². The van der Waals surface area contributed by atoms with Crippen molar-refractivity contribution in [2.75, 3.05) is 33.6 Å². The van der Waals surface area contributed by atoms with Gasteiger partial charge in [-0.2, -0.15) is 0 Å². The molecule has 38 heavy (non-hydrogen) atoms. The van der Waals surface area contributed by atoms with E-state index < -0.39 is 0 Å². The molecule has 0 aliphatic rings. The molecule has 3 aromatic carbocycles. The number of ether oxygens (including phenoxy) is 2. The summed E-state index contributed by atoms with van der Waals surface area (Å²) in [5.41, 5.74) is 3.33. The molecule has 0 spiro atoms. The molecule has 0 aliphatic heterocycles. The molecule has 4 aromatic rings. The van der Waals surface area contributed by atoms with E-state index in [9.17, 15) is 4.79 Å². The number of rotatable bonds is 13. The molecule has 0 bridgehead atoms. The van der Waals surface area contributed by atoms with Gasteiger partial charge in [0.05, 0.1) is 14.2 Å². The van der Waals surface area contributed by atoms with Crippen molar-refractivity contribution < 1.29 is 14.3 Å². The zero-order valence-electron chi connectivity index (χ0n) is 22.2. The molecule has 0 atom stereocenters. The number of amides is 1. The highest BCUT2D eigenvalue weighted by Crippen LogP contribution is 2.28. The average molecular weight is 531 g/mol. The zero-order valence-corrected chi connectivity index (χ0v) is 23.0. The Morgan fingerprint density at radius 2 is 1.61 bits per heavy atom. The number of hydrogen-bond donors (Lipinski definition) is 0. The van der Waals surface area contributed by atoms with Crippen LogP contribution in [0.15, 0.2) is 84.0 Å². The van der Waals surface area contributed by atoms with Crippen LogP contribution in [0.5, 0.6) is 11.5 Å². The van der Waals surface area contributed by atoms with E-state index in [1.807, 2.05) is 61.6 Å². The van der Waals surface area contributed by atoms with Gasteiger partial charge in [-0.3, -0.25) is 9.36 Å². The van der Waals surface area contributed by atoms with Crippen LogP contribution in [0.3, 0.4) is 0 Å². The van der Waals surface area contributed by atoms with Crippen LogP contribution in [0.2, 0.25) is 0 Å². The van der Waals surface area contributed by atoms with Crippen molar-refractivity contribution in [2.45, 2.75) is 30.8 Å². The maximum absolute atomic E-state index is 12.7. The molecule has 1 heterocycles. The van der Waals surface area contributed by atoms with Gasteiger partial charge in [0.15, 0.2) is 16.7 Å². The number of likely N-dealkylation sites (N-methyl/N-ethyl adjacent to an activating group) is 1. The number of methoxy groups -OCH3 is 2. The second kappa shape index (κ2) is 13.7. The number of para-hydroxylation sites is 1. The number of aromatic nitrogens is 3. The first-order valence-electron chi connectivity index (χ1n) is 12.7. The van der Waals surface area contributed by atoms with Gasteiger partial charge in [0.25, 0.3) is 0 Å². The summed E-state index contributed by atoms with van der Waals surface area (Å²) >= 11 is 1.64. The molecule has 0 unspecified atom stereocenters. The summed E-state index contributed by atoms with van der Waals surface area (Å²) < 4.78 is 12.8.